The fourth-order valence-electron chi connectivity index (χ4n) is 6.22. The van der Waals surface area contributed by atoms with Gasteiger partial charge in [-0.25, -0.2) is 4.98 Å². The lowest BCUT2D eigenvalue weighted by Crippen LogP contribution is -2.25. The normalized spacial score (nSPS) is 18.9. The van der Waals surface area contributed by atoms with Crippen molar-refractivity contribution in [2.24, 2.45) is 12.5 Å². The molecule has 2 fully saturated rings. The lowest BCUT2D eigenvalue weighted by molar-refractivity contribution is -0.138. The largest absolute Gasteiger partial charge is 0.416 e. The minimum atomic E-state index is -4.57. The van der Waals surface area contributed by atoms with Gasteiger partial charge in [0.1, 0.15) is 23.8 Å². The highest BCUT2D eigenvalue weighted by Gasteiger charge is 2.47. The van der Waals surface area contributed by atoms with Crippen molar-refractivity contribution < 1.29 is 18.0 Å². The molecule has 2 aromatic heterocycles. The van der Waals surface area contributed by atoms with Gasteiger partial charge in [0.25, 0.3) is 5.91 Å². The maximum Gasteiger partial charge on any atom is 0.416 e. The van der Waals surface area contributed by atoms with E-state index in [4.69, 9.17) is 0 Å². The first-order chi connectivity index (χ1) is 19.4. The average molecular weight is 568 g/mol. The molecule has 0 bridgehead atoms. The molecule has 2 aliphatic heterocycles. The van der Waals surface area contributed by atoms with Crippen molar-refractivity contribution in [3.8, 4) is 0 Å². The van der Waals surface area contributed by atoms with Gasteiger partial charge in [-0.1, -0.05) is 6.92 Å². The van der Waals surface area contributed by atoms with E-state index in [-0.39, 0.29) is 29.6 Å². The summed E-state index contributed by atoms with van der Waals surface area (Å²) in [6.45, 7) is 8.05. The van der Waals surface area contributed by atoms with E-state index in [0.29, 0.717) is 35.6 Å². The summed E-state index contributed by atoms with van der Waals surface area (Å²) in [7, 11) is 1.88. The number of carbonyl (C=O) groups excluding carboxylic acids is 1. The van der Waals surface area contributed by atoms with E-state index in [1.54, 1.807) is 12.4 Å². The number of alkyl halides is 3. The number of halogens is 3. The number of anilines is 2. The van der Waals surface area contributed by atoms with Crippen LogP contribution in [0.3, 0.4) is 0 Å². The van der Waals surface area contributed by atoms with Gasteiger partial charge in [-0.3, -0.25) is 14.6 Å². The molecule has 1 aliphatic carbocycles. The number of rotatable bonds is 8. The first-order valence-corrected chi connectivity index (χ1v) is 14.3. The summed E-state index contributed by atoms with van der Waals surface area (Å²) < 4.78 is 44.9. The highest BCUT2D eigenvalue weighted by Crippen LogP contribution is 2.53. The van der Waals surface area contributed by atoms with Crippen LogP contribution in [-0.2, 0) is 32.7 Å². The molecule has 8 nitrogen and oxygen atoms in total. The average Bonchev–Trinajstić information content (AvgIpc) is 3.17. The zero-order valence-corrected chi connectivity index (χ0v) is 23.9. The van der Waals surface area contributed by atoms with Crippen molar-refractivity contribution >= 4 is 17.5 Å². The van der Waals surface area contributed by atoms with Crippen LogP contribution in [0.5, 0.6) is 0 Å². The van der Waals surface area contributed by atoms with Gasteiger partial charge in [-0.05, 0) is 91.9 Å². The number of aryl methyl sites for hydroxylation is 1. The predicted molar refractivity (Wildman–Crippen MR) is 150 cm³/mol. The monoisotopic (exact) mass is 567 g/mol. The number of likely N-dealkylation sites (tertiary alicyclic amines) is 1. The second-order valence-electron chi connectivity index (χ2n) is 12.4. The summed E-state index contributed by atoms with van der Waals surface area (Å²) in [5.41, 5.74) is 1.22. The predicted octanol–water partition coefficient (Wildman–Crippen LogP) is 5.54. The number of nitrogens with one attached hydrogen (secondary N) is 1. The maximum atomic E-state index is 14.3. The molecule has 3 aliphatic rings. The third-order valence-corrected chi connectivity index (χ3v) is 8.70. The molecule has 6 rings (SSSR count). The van der Waals surface area contributed by atoms with Crippen LogP contribution in [0.4, 0.5) is 24.8 Å². The fraction of sp³-hybridized carbons (Fsp3) is 0.533. The van der Waals surface area contributed by atoms with Gasteiger partial charge in [0.05, 0.1) is 12.1 Å². The van der Waals surface area contributed by atoms with Crippen molar-refractivity contribution in [1.82, 2.24) is 24.6 Å². The standard InChI is InChI=1S/C30H36F3N7O/c1-18(2)35-25-12-21(19(3)9-27-37-34-17-38(27)4)13-26(36-25)40-15-23-22(28(40)41)10-20(11-24(23)30(31,32)33)14-39-8-7-29(16-39)5-6-29/h10-13,17-19H,5-9,14-16H2,1-4H3,(H,35,36)/t19-/m1/s1. The SMILES string of the molecule is CC(C)Nc1cc([C@H](C)Cc2nncn2C)cc(N2Cc3c(cc(CN4CCC5(CC5)C4)cc3C(F)(F)F)C2=O)n1. The number of hydrogen-bond acceptors (Lipinski definition) is 6. The molecular formula is C30H36F3N7O. The number of pyridine rings is 1. The molecule has 0 radical (unpaired) electrons. The molecule has 11 heteroatoms. The molecule has 218 valence electrons. The van der Waals surface area contributed by atoms with E-state index < -0.39 is 17.6 Å². The Balaban J connectivity index is 1.33. The molecule has 1 aromatic carbocycles. The van der Waals surface area contributed by atoms with E-state index in [0.717, 1.165) is 30.9 Å². The van der Waals surface area contributed by atoms with Crippen LogP contribution in [0.2, 0.25) is 0 Å². The third-order valence-electron chi connectivity index (χ3n) is 8.70. The minimum absolute atomic E-state index is 0.00000323. The van der Waals surface area contributed by atoms with Gasteiger partial charge < -0.3 is 9.88 Å². The fourth-order valence-corrected chi connectivity index (χ4v) is 6.22. The molecule has 1 spiro atoms. The number of fused-ring (bicyclic) bond motifs is 1. The summed E-state index contributed by atoms with van der Waals surface area (Å²) in [6.07, 6.45) is 1.18. The van der Waals surface area contributed by atoms with Crippen molar-refractivity contribution in [2.45, 2.75) is 77.7 Å². The summed E-state index contributed by atoms with van der Waals surface area (Å²) in [5, 5.41) is 11.4. The van der Waals surface area contributed by atoms with Gasteiger partial charge in [-0.2, -0.15) is 13.2 Å². The number of hydrogen-bond donors (Lipinski definition) is 1. The second kappa shape index (κ2) is 10.1. The maximum absolute atomic E-state index is 14.3. The van der Waals surface area contributed by atoms with Crippen molar-refractivity contribution in [1.29, 1.82) is 0 Å². The number of carbonyl (C=O) groups is 1. The highest BCUT2D eigenvalue weighted by molar-refractivity contribution is 6.10. The van der Waals surface area contributed by atoms with E-state index in [9.17, 15) is 18.0 Å². The van der Waals surface area contributed by atoms with Crippen LogP contribution in [0.15, 0.2) is 30.6 Å². The Hall–Kier alpha value is -3.47. The van der Waals surface area contributed by atoms with E-state index in [2.05, 4.69) is 25.4 Å². The lowest BCUT2D eigenvalue weighted by Gasteiger charge is -2.21. The Bertz CT molecular complexity index is 1480. The second-order valence-corrected chi connectivity index (χ2v) is 12.4. The Morgan fingerprint density at radius 1 is 1.10 bits per heavy atom. The first-order valence-electron chi connectivity index (χ1n) is 14.3. The molecule has 1 N–H and O–H groups in total. The van der Waals surface area contributed by atoms with Gasteiger partial charge in [0.15, 0.2) is 0 Å². The summed E-state index contributed by atoms with van der Waals surface area (Å²) >= 11 is 0. The molecule has 1 saturated carbocycles. The number of nitrogens with zero attached hydrogens (tertiary/aromatic N) is 6. The van der Waals surface area contributed by atoms with Gasteiger partial charge in [-0.15, -0.1) is 10.2 Å². The number of benzene rings is 1. The summed E-state index contributed by atoms with van der Waals surface area (Å²) in [4.78, 5) is 22.0. The van der Waals surface area contributed by atoms with Crippen molar-refractivity contribution in [3.05, 3.63) is 64.2 Å². The van der Waals surface area contributed by atoms with Crippen LogP contribution in [-0.4, -0.2) is 49.7 Å². The third kappa shape index (κ3) is 5.56. The molecule has 41 heavy (non-hydrogen) atoms. The molecule has 1 amide bonds. The smallest absolute Gasteiger partial charge is 0.368 e. The lowest BCUT2D eigenvalue weighted by atomic mass is 9.97. The van der Waals surface area contributed by atoms with E-state index in [1.807, 2.05) is 44.5 Å². The zero-order chi connectivity index (χ0) is 29.1. The molecular weight excluding hydrogens is 531 g/mol. The molecule has 0 unspecified atom stereocenters. The molecule has 4 heterocycles. The van der Waals surface area contributed by atoms with Crippen LogP contribution in [0, 0.1) is 5.41 Å². The summed E-state index contributed by atoms with van der Waals surface area (Å²) in [6, 6.07) is 6.72. The van der Waals surface area contributed by atoms with Crippen molar-refractivity contribution in [3.63, 3.8) is 0 Å². The van der Waals surface area contributed by atoms with E-state index in [1.165, 1.54) is 23.8 Å². The quantitative estimate of drug-likeness (QED) is 0.385. The molecule has 3 aromatic rings. The summed E-state index contributed by atoms with van der Waals surface area (Å²) in [5.74, 6) is 1.27. The van der Waals surface area contributed by atoms with Gasteiger partial charge >= 0.3 is 6.18 Å². The van der Waals surface area contributed by atoms with Crippen LogP contribution >= 0.6 is 0 Å². The van der Waals surface area contributed by atoms with Crippen molar-refractivity contribution in [2.75, 3.05) is 23.3 Å². The molecule has 1 atom stereocenters. The van der Waals surface area contributed by atoms with Crippen LogP contribution in [0.25, 0.3) is 0 Å². The highest BCUT2D eigenvalue weighted by atomic mass is 19.4. The first kappa shape index (κ1) is 27.7. The Morgan fingerprint density at radius 2 is 1.88 bits per heavy atom. The molecule has 1 saturated heterocycles. The van der Waals surface area contributed by atoms with E-state index >= 15 is 0 Å². The van der Waals surface area contributed by atoms with Crippen LogP contribution < -0.4 is 10.2 Å². The van der Waals surface area contributed by atoms with Crippen LogP contribution in [0.1, 0.15) is 84.4 Å². The number of amides is 1. The minimum Gasteiger partial charge on any atom is -0.368 e. The topological polar surface area (TPSA) is 79.2 Å². The number of aromatic nitrogens is 4. The Labute approximate surface area is 238 Å². The zero-order valence-electron chi connectivity index (χ0n) is 23.9. The van der Waals surface area contributed by atoms with Gasteiger partial charge in [0.2, 0.25) is 0 Å². The Morgan fingerprint density at radius 3 is 2.51 bits per heavy atom. The van der Waals surface area contributed by atoms with Gasteiger partial charge in [0, 0.05) is 38.2 Å². The Kier molecular flexibility index (Phi) is 6.83.